The van der Waals surface area contributed by atoms with Crippen LogP contribution in [0.15, 0.2) is 36.5 Å². The van der Waals surface area contributed by atoms with Crippen molar-refractivity contribution in [2.75, 3.05) is 11.9 Å². The average molecular weight is 374 g/mol. The Balaban J connectivity index is 1.69. The smallest absolute Gasteiger partial charge is 0.412 e. The molecular weight excluding hydrogens is 350 g/mol. The number of nitrogens with zero attached hydrogens (tertiary/aromatic N) is 2. The van der Waals surface area contributed by atoms with Crippen LogP contribution in [0.5, 0.6) is 0 Å². The van der Waals surface area contributed by atoms with Gasteiger partial charge in [0.25, 0.3) is 0 Å². The number of carbonyl (C=O) groups excluding carboxylic acids is 1. The van der Waals surface area contributed by atoms with Crippen molar-refractivity contribution in [1.29, 1.82) is 0 Å². The highest BCUT2D eigenvalue weighted by Gasteiger charge is 2.23. The Morgan fingerprint density at radius 3 is 2.73 bits per heavy atom. The largest absolute Gasteiger partial charge is 0.444 e. The number of hydrogen-bond acceptors (Lipinski definition) is 4. The number of fused-ring (bicyclic) bond motifs is 1. The zero-order valence-corrected chi connectivity index (χ0v) is 16.1. The molecule has 138 valence electrons. The van der Waals surface area contributed by atoms with Gasteiger partial charge in [-0.2, -0.15) is 0 Å². The summed E-state index contributed by atoms with van der Waals surface area (Å²) in [4.78, 5) is 18.8. The third-order valence-electron chi connectivity index (χ3n) is 4.14. The van der Waals surface area contributed by atoms with Crippen LogP contribution in [-0.4, -0.2) is 28.1 Å². The number of halogens is 1. The molecule has 1 aromatic carbocycles. The molecule has 0 saturated heterocycles. The molecule has 0 radical (unpaired) electrons. The molecule has 2 heterocycles. The predicted octanol–water partition coefficient (Wildman–Crippen LogP) is 4.64. The Morgan fingerprint density at radius 2 is 2.04 bits per heavy atom. The van der Waals surface area contributed by atoms with Gasteiger partial charge in [0.2, 0.25) is 0 Å². The van der Waals surface area contributed by atoms with Crippen molar-refractivity contribution in [3.63, 3.8) is 0 Å². The lowest BCUT2D eigenvalue weighted by Gasteiger charge is -2.29. The number of rotatable bonds is 3. The van der Waals surface area contributed by atoms with Crippen LogP contribution in [0.4, 0.5) is 10.5 Å². The summed E-state index contributed by atoms with van der Waals surface area (Å²) in [6.07, 6.45) is 1.89. The van der Waals surface area contributed by atoms with Gasteiger partial charge in [0.15, 0.2) is 0 Å². The molecule has 0 bridgehead atoms. The van der Waals surface area contributed by atoms with E-state index in [1.54, 1.807) is 6.20 Å². The first-order valence-corrected chi connectivity index (χ1v) is 9.12. The number of benzene rings is 1. The van der Waals surface area contributed by atoms with E-state index in [2.05, 4.69) is 39.5 Å². The molecular formula is C20H24ClN3O2. The highest BCUT2D eigenvalue weighted by Crippen LogP contribution is 2.31. The summed E-state index contributed by atoms with van der Waals surface area (Å²) in [5, 5.41) is 3.25. The number of aromatic nitrogens is 1. The van der Waals surface area contributed by atoms with E-state index >= 15 is 0 Å². The summed E-state index contributed by atoms with van der Waals surface area (Å²) in [5.74, 6) is 0. The molecule has 26 heavy (non-hydrogen) atoms. The van der Waals surface area contributed by atoms with E-state index < -0.39 is 11.7 Å². The van der Waals surface area contributed by atoms with E-state index in [1.807, 2.05) is 26.8 Å². The number of anilines is 1. The molecule has 1 aliphatic rings. The Hall–Kier alpha value is -2.11. The Morgan fingerprint density at radius 1 is 1.31 bits per heavy atom. The molecule has 6 heteroatoms. The summed E-state index contributed by atoms with van der Waals surface area (Å²) in [5.41, 5.74) is 3.19. The number of hydrogen-bond donors (Lipinski definition) is 1. The minimum absolute atomic E-state index is 0.496. The standard InChI is InChI=1S/C20H24ClN3O2/c1-20(2,3)26-19(25)23-16-11-22-17-13-24(10-9-15(17)18(16)21)12-14-7-5-4-6-8-14/h4-8,11H,9-10,12-13H2,1-3H3,(H,23,25). The minimum atomic E-state index is -0.559. The Kier molecular flexibility index (Phi) is 5.49. The number of nitrogens with one attached hydrogen (secondary N) is 1. The van der Waals surface area contributed by atoms with Gasteiger partial charge in [0, 0.05) is 19.6 Å². The fourth-order valence-corrected chi connectivity index (χ4v) is 3.29. The summed E-state index contributed by atoms with van der Waals surface area (Å²) < 4.78 is 5.28. The zero-order valence-electron chi connectivity index (χ0n) is 15.4. The van der Waals surface area contributed by atoms with Crippen LogP contribution in [0, 0.1) is 0 Å². The molecule has 0 unspecified atom stereocenters. The summed E-state index contributed by atoms with van der Waals surface area (Å²) >= 11 is 6.52. The lowest BCUT2D eigenvalue weighted by molar-refractivity contribution is 0.0636. The number of carbonyl (C=O) groups is 1. The van der Waals surface area contributed by atoms with Gasteiger partial charge in [0.1, 0.15) is 5.60 Å². The first kappa shape index (κ1) is 18.7. The second-order valence-corrected chi connectivity index (χ2v) is 7.86. The molecule has 0 saturated carbocycles. The van der Waals surface area contributed by atoms with Crippen molar-refractivity contribution in [1.82, 2.24) is 9.88 Å². The maximum atomic E-state index is 12.0. The van der Waals surface area contributed by atoms with Gasteiger partial charge in [-0.3, -0.25) is 15.2 Å². The van der Waals surface area contributed by atoms with Crippen LogP contribution in [0.25, 0.3) is 0 Å². The van der Waals surface area contributed by atoms with Crippen molar-refractivity contribution in [2.45, 2.75) is 45.9 Å². The highest BCUT2D eigenvalue weighted by molar-refractivity contribution is 6.34. The SMILES string of the molecule is CC(C)(C)OC(=O)Nc1cnc2c(c1Cl)CCN(Cc1ccccc1)C2. The first-order chi connectivity index (χ1) is 12.3. The monoisotopic (exact) mass is 373 g/mol. The Labute approximate surface area is 159 Å². The molecule has 0 spiro atoms. The highest BCUT2D eigenvalue weighted by atomic mass is 35.5. The second kappa shape index (κ2) is 7.64. The van der Waals surface area contributed by atoms with Crippen LogP contribution in [0.1, 0.15) is 37.6 Å². The summed E-state index contributed by atoms with van der Waals surface area (Å²) in [6.45, 7) is 8.00. The molecule has 0 atom stereocenters. The van der Waals surface area contributed by atoms with Crippen molar-refractivity contribution in [3.05, 3.63) is 58.4 Å². The molecule has 3 rings (SSSR count). The molecule has 1 amide bonds. The van der Waals surface area contributed by atoms with E-state index in [1.165, 1.54) is 5.56 Å². The molecule has 1 aliphatic heterocycles. The minimum Gasteiger partial charge on any atom is -0.444 e. The predicted molar refractivity (Wildman–Crippen MR) is 103 cm³/mol. The molecule has 2 aromatic rings. The fourth-order valence-electron chi connectivity index (χ4n) is 2.99. The van der Waals surface area contributed by atoms with Gasteiger partial charge in [-0.05, 0) is 38.3 Å². The normalized spacial score (nSPS) is 14.6. The zero-order chi connectivity index (χ0) is 18.7. The van der Waals surface area contributed by atoms with Gasteiger partial charge in [-0.15, -0.1) is 0 Å². The third-order valence-corrected chi connectivity index (χ3v) is 4.57. The topological polar surface area (TPSA) is 54.5 Å². The van der Waals surface area contributed by atoms with Crippen LogP contribution in [0.3, 0.4) is 0 Å². The number of amides is 1. The van der Waals surface area contributed by atoms with Gasteiger partial charge >= 0.3 is 6.09 Å². The van der Waals surface area contributed by atoms with E-state index in [0.717, 1.165) is 37.3 Å². The molecule has 1 N–H and O–H groups in total. The van der Waals surface area contributed by atoms with E-state index in [0.29, 0.717) is 10.7 Å². The van der Waals surface area contributed by atoms with Crippen LogP contribution < -0.4 is 5.32 Å². The van der Waals surface area contributed by atoms with Crippen molar-refractivity contribution >= 4 is 23.4 Å². The lowest BCUT2D eigenvalue weighted by atomic mass is 10.0. The maximum Gasteiger partial charge on any atom is 0.412 e. The van der Waals surface area contributed by atoms with Crippen molar-refractivity contribution < 1.29 is 9.53 Å². The molecule has 1 aromatic heterocycles. The Bertz CT molecular complexity index is 788. The first-order valence-electron chi connectivity index (χ1n) is 8.74. The summed E-state index contributed by atoms with van der Waals surface area (Å²) in [7, 11) is 0. The summed E-state index contributed by atoms with van der Waals surface area (Å²) in [6, 6.07) is 10.4. The van der Waals surface area contributed by atoms with Crippen molar-refractivity contribution in [3.8, 4) is 0 Å². The van der Waals surface area contributed by atoms with Crippen LogP contribution in [0.2, 0.25) is 5.02 Å². The number of ether oxygens (including phenoxy) is 1. The maximum absolute atomic E-state index is 12.0. The van der Waals surface area contributed by atoms with Gasteiger partial charge in [-0.1, -0.05) is 41.9 Å². The quantitative estimate of drug-likeness (QED) is 0.851. The van der Waals surface area contributed by atoms with Crippen molar-refractivity contribution in [2.24, 2.45) is 0 Å². The fraction of sp³-hybridized carbons (Fsp3) is 0.400. The number of pyridine rings is 1. The lowest BCUT2D eigenvalue weighted by Crippen LogP contribution is -2.31. The molecule has 5 nitrogen and oxygen atoms in total. The molecule has 0 fully saturated rings. The van der Waals surface area contributed by atoms with E-state index in [-0.39, 0.29) is 0 Å². The van der Waals surface area contributed by atoms with Crippen LogP contribution >= 0.6 is 11.6 Å². The second-order valence-electron chi connectivity index (χ2n) is 7.48. The van der Waals surface area contributed by atoms with E-state index in [4.69, 9.17) is 16.3 Å². The van der Waals surface area contributed by atoms with E-state index in [9.17, 15) is 4.79 Å². The molecule has 0 aliphatic carbocycles. The van der Waals surface area contributed by atoms with Crippen LogP contribution in [-0.2, 0) is 24.2 Å². The average Bonchev–Trinajstić information content (AvgIpc) is 2.57. The third kappa shape index (κ3) is 4.74. The van der Waals surface area contributed by atoms with Gasteiger partial charge in [0.05, 0.1) is 22.6 Å². The van der Waals surface area contributed by atoms with Gasteiger partial charge in [-0.25, -0.2) is 4.79 Å². The van der Waals surface area contributed by atoms with Gasteiger partial charge < -0.3 is 4.74 Å².